The Bertz CT molecular complexity index is 307. The molecule has 1 atom stereocenters. The van der Waals surface area contributed by atoms with Crippen molar-refractivity contribution in [3.63, 3.8) is 0 Å². The first kappa shape index (κ1) is 10.3. The smallest absolute Gasteiger partial charge is 0.0413 e. The summed E-state index contributed by atoms with van der Waals surface area (Å²) < 4.78 is 1.11. The lowest BCUT2D eigenvalue weighted by molar-refractivity contribution is 0.997. The average Bonchev–Trinajstić information content (AvgIpc) is 2.09. The number of hydrogen-bond acceptors (Lipinski definition) is 1. The lowest BCUT2D eigenvalue weighted by atomic mass is 10.2. The van der Waals surface area contributed by atoms with Gasteiger partial charge in [-0.1, -0.05) is 22.0 Å². The van der Waals surface area contributed by atoms with E-state index in [4.69, 9.17) is 0 Å². The number of aryl methyl sites for hydroxylation is 1. The van der Waals surface area contributed by atoms with E-state index >= 15 is 0 Å². The van der Waals surface area contributed by atoms with Crippen molar-refractivity contribution in [1.82, 2.24) is 0 Å². The number of nitrogens with one attached hydrogen (secondary N) is 1. The molecule has 0 heterocycles. The Morgan fingerprint density at radius 1 is 1.54 bits per heavy atom. The zero-order valence-electron chi connectivity index (χ0n) is 7.97. The first-order valence-electron chi connectivity index (χ1n) is 4.28. The molecule has 0 fully saturated rings. The zero-order valence-corrected chi connectivity index (χ0v) is 9.56. The molecule has 0 aliphatic heterocycles. The molecular weight excluding hydrogens is 226 g/mol. The maximum Gasteiger partial charge on any atom is 0.0413 e. The molecule has 0 bridgehead atoms. The molecule has 1 aromatic carbocycles. The van der Waals surface area contributed by atoms with Crippen LogP contribution in [-0.2, 0) is 0 Å². The van der Waals surface area contributed by atoms with E-state index in [0.717, 1.165) is 10.2 Å². The minimum atomic E-state index is 0.305. The van der Waals surface area contributed by atoms with Crippen LogP contribution >= 0.6 is 15.9 Å². The molecule has 1 N–H and O–H groups in total. The molecule has 0 saturated heterocycles. The molecule has 13 heavy (non-hydrogen) atoms. The van der Waals surface area contributed by atoms with Crippen LogP contribution < -0.4 is 5.32 Å². The molecular formula is C11H14BrN. The van der Waals surface area contributed by atoms with Gasteiger partial charge in [-0.15, -0.1) is 6.58 Å². The van der Waals surface area contributed by atoms with Gasteiger partial charge < -0.3 is 5.32 Å². The van der Waals surface area contributed by atoms with E-state index in [1.165, 1.54) is 5.56 Å². The number of halogens is 1. The largest absolute Gasteiger partial charge is 0.379 e. The summed E-state index contributed by atoms with van der Waals surface area (Å²) in [4.78, 5) is 0. The van der Waals surface area contributed by atoms with Gasteiger partial charge in [0.1, 0.15) is 0 Å². The number of benzene rings is 1. The van der Waals surface area contributed by atoms with Crippen LogP contribution in [0, 0.1) is 6.92 Å². The van der Waals surface area contributed by atoms with Crippen LogP contribution in [0.2, 0.25) is 0 Å². The highest BCUT2D eigenvalue weighted by atomic mass is 79.9. The topological polar surface area (TPSA) is 12.0 Å². The molecule has 0 radical (unpaired) electrons. The van der Waals surface area contributed by atoms with Gasteiger partial charge in [-0.3, -0.25) is 0 Å². The monoisotopic (exact) mass is 239 g/mol. The van der Waals surface area contributed by atoms with Gasteiger partial charge >= 0.3 is 0 Å². The van der Waals surface area contributed by atoms with Gasteiger partial charge in [-0.25, -0.2) is 0 Å². The Labute approximate surface area is 88.0 Å². The van der Waals surface area contributed by atoms with Crippen LogP contribution in [0.25, 0.3) is 0 Å². The van der Waals surface area contributed by atoms with E-state index in [9.17, 15) is 0 Å². The maximum atomic E-state index is 3.73. The average molecular weight is 240 g/mol. The molecule has 0 amide bonds. The molecule has 2 heteroatoms. The van der Waals surface area contributed by atoms with Gasteiger partial charge in [0, 0.05) is 16.2 Å². The fourth-order valence-electron chi connectivity index (χ4n) is 1.09. The molecule has 70 valence electrons. The highest BCUT2D eigenvalue weighted by Gasteiger charge is 2.00. The third-order valence-corrected chi connectivity index (χ3v) is 2.42. The second kappa shape index (κ2) is 4.47. The van der Waals surface area contributed by atoms with Crippen molar-refractivity contribution < 1.29 is 0 Å². The fraction of sp³-hybridized carbons (Fsp3) is 0.273. The van der Waals surface area contributed by atoms with Crippen LogP contribution in [0.5, 0.6) is 0 Å². The molecule has 0 aliphatic carbocycles. The minimum Gasteiger partial charge on any atom is -0.379 e. The second-order valence-electron chi connectivity index (χ2n) is 3.13. The van der Waals surface area contributed by atoms with Crippen molar-refractivity contribution in [2.45, 2.75) is 19.9 Å². The van der Waals surface area contributed by atoms with Crippen molar-refractivity contribution >= 4 is 21.6 Å². The van der Waals surface area contributed by atoms with Gasteiger partial charge in [-0.2, -0.15) is 0 Å². The predicted octanol–water partition coefficient (Wildman–Crippen LogP) is 3.74. The van der Waals surface area contributed by atoms with Crippen molar-refractivity contribution in [2.75, 3.05) is 5.32 Å². The zero-order chi connectivity index (χ0) is 9.84. The van der Waals surface area contributed by atoms with Crippen molar-refractivity contribution in [3.8, 4) is 0 Å². The molecule has 1 aromatic rings. The first-order valence-corrected chi connectivity index (χ1v) is 5.08. The highest BCUT2D eigenvalue weighted by Crippen LogP contribution is 2.20. The quantitative estimate of drug-likeness (QED) is 0.793. The van der Waals surface area contributed by atoms with Crippen LogP contribution in [0.1, 0.15) is 12.5 Å². The second-order valence-corrected chi connectivity index (χ2v) is 4.04. The molecule has 0 saturated carbocycles. The Hall–Kier alpha value is -0.760. The summed E-state index contributed by atoms with van der Waals surface area (Å²) in [6.07, 6.45) is 1.89. The van der Waals surface area contributed by atoms with E-state index in [0.29, 0.717) is 6.04 Å². The molecule has 1 nitrogen and oxygen atoms in total. The third-order valence-electron chi connectivity index (χ3n) is 1.93. The summed E-state index contributed by atoms with van der Waals surface area (Å²) in [7, 11) is 0. The van der Waals surface area contributed by atoms with Crippen LogP contribution in [-0.4, -0.2) is 6.04 Å². The first-order chi connectivity index (χ1) is 6.13. The van der Waals surface area contributed by atoms with Crippen LogP contribution in [0.3, 0.4) is 0 Å². The van der Waals surface area contributed by atoms with E-state index < -0.39 is 0 Å². The highest BCUT2D eigenvalue weighted by molar-refractivity contribution is 9.10. The molecule has 0 aromatic heterocycles. The van der Waals surface area contributed by atoms with E-state index in [2.05, 4.69) is 53.8 Å². The number of anilines is 1. The SMILES string of the molecule is C=CC(C)Nc1ccc(Br)cc1C. The standard InChI is InChI=1S/C11H14BrN/c1-4-9(3)13-11-6-5-10(12)7-8(11)2/h4-7,9,13H,1H2,2-3H3. The Kier molecular flexibility index (Phi) is 3.55. The normalized spacial score (nSPS) is 12.2. The summed E-state index contributed by atoms with van der Waals surface area (Å²) in [5.41, 5.74) is 2.40. The number of hydrogen-bond donors (Lipinski definition) is 1. The lowest BCUT2D eigenvalue weighted by Gasteiger charge is -2.13. The fourth-order valence-corrected chi connectivity index (χ4v) is 1.57. The summed E-state index contributed by atoms with van der Waals surface area (Å²) in [5, 5.41) is 3.35. The van der Waals surface area contributed by atoms with Crippen molar-refractivity contribution in [2.24, 2.45) is 0 Å². The summed E-state index contributed by atoms with van der Waals surface area (Å²) in [5.74, 6) is 0. The van der Waals surface area contributed by atoms with Crippen LogP contribution in [0.4, 0.5) is 5.69 Å². The van der Waals surface area contributed by atoms with Gasteiger partial charge in [0.25, 0.3) is 0 Å². The lowest BCUT2D eigenvalue weighted by Crippen LogP contribution is -2.11. The minimum absolute atomic E-state index is 0.305. The van der Waals surface area contributed by atoms with Gasteiger partial charge in [0.15, 0.2) is 0 Å². The van der Waals surface area contributed by atoms with E-state index in [1.54, 1.807) is 0 Å². The summed E-state index contributed by atoms with van der Waals surface area (Å²) in [6.45, 7) is 7.90. The summed E-state index contributed by atoms with van der Waals surface area (Å²) >= 11 is 3.43. The Balaban J connectivity index is 2.83. The molecule has 0 aliphatic rings. The molecule has 1 rings (SSSR count). The molecule has 0 spiro atoms. The predicted molar refractivity (Wildman–Crippen MR) is 62.2 cm³/mol. The number of rotatable bonds is 3. The van der Waals surface area contributed by atoms with E-state index in [-0.39, 0.29) is 0 Å². The van der Waals surface area contributed by atoms with Crippen LogP contribution in [0.15, 0.2) is 35.3 Å². The summed E-state index contributed by atoms with van der Waals surface area (Å²) in [6, 6.07) is 6.50. The Morgan fingerprint density at radius 3 is 2.77 bits per heavy atom. The maximum absolute atomic E-state index is 3.73. The van der Waals surface area contributed by atoms with Gasteiger partial charge in [-0.05, 0) is 37.6 Å². The van der Waals surface area contributed by atoms with Gasteiger partial charge in [0.2, 0.25) is 0 Å². The van der Waals surface area contributed by atoms with E-state index in [1.807, 2.05) is 12.1 Å². The van der Waals surface area contributed by atoms with Crippen molar-refractivity contribution in [3.05, 3.63) is 40.9 Å². The van der Waals surface area contributed by atoms with Crippen molar-refractivity contribution in [1.29, 1.82) is 0 Å². The Morgan fingerprint density at radius 2 is 2.23 bits per heavy atom. The third kappa shape index (κ3) is 2.88. The molecule has 1 unspecified atom stereocenters. The van der Waals surface area contributed by atoms with Gasteiger partial charge in [0.05, 0.1) is 0 Å².